The molecule has 1 atom stereocenters. The second-order valence-corrected chi connectivity index (χ2v) is 6.18. The molecule has 0 aliphatic carbocycles. The highest BCUT2D eigenvalue weighted by Gasteiger charge is 2.25. The second kappa shape index (κ2) is 8.39. The van der Waals surface area contributed by atoms with Crippen LogP contribution in [-0.2, 0) is 0 Å². The van der Waals surface area contributed by atoms with Crippen LogP contribution in [0.4, 0.5) is 16.2 Å². The van der Waals surface area contributed by atoms with Gasteiger partial charge in [0.1, 0.15) is 6.61 Å². The fourth-order valence-corrected chi connectivity index (χ4v) is 2.84. The Kier molecular flexibility index (Phi) is 5.75. The van der Waals surface area contributed by atoms with Gasteiger partial charge in [-0.25, -0.2) is 4.79 Å². The first-order chi connectivity index (χ1) is 13.1. The van der Waals surface area contributed by atoms with Crippen LogP contribution >= 0.6 is 0 Å². The Morgan fingerprint density at radius 2 is 2.04 bits per heavy atom. The highest BCUT2D eigenvalue weighted by atomic mass is 16.6. The average Bonchev–Trinajstić information content (AvgIpc) is 2.67. The maximum atomic E-state index is 12.7. The Bertz CT molecular complexity index is 826. The molecule has 8 heteroatoms. The number of anilines is 1. The summed E-state index contributed by atoms with van der Waals surface area (Å²) < 4.78 is 11.6. The molecule has 2 aromatic rings. The molecule has 0 aromatic heterocycles. The van der Waals surface area contributed by atoms with Gasteiger partial charge in [0, 0.05) is 24.4 Å². The molecule has 0 radical (unpaired) electrons. The van der Waals surface area contributed by atoms with Gasteiger partial charge in [-0.3, -0.25) is 10.1 Å². The molecule has 0 fully saturated rings. The molecule has 1 heterocycles. The number of hydrogen-bond donors (Lipinski definition) is 1. The Balaban J connectivity index is 1.65. The Morgan fingerprint density at radius 3 is 2.78 bits per heavy atom. The summed E-state index contributed by atoms with van der Waals surface area (Å²) >= 11 is 0. The van der Waals surface area contributed by atoms with Gasteiger partial charge in [-0.1, -0.05) is 25.1 Å². The van der Waals surface area contributed by atoms with E-state index in [1.807, 2.05) is 31.2 Å². The maximum Gasteiger partial charge on any atom is 0.321 e. The van der Waals surface area contributed by atoms with E-state index in [2.05, 4.69) is 5.32 Å². The van der Waals surface area contributed by atoms with Crippen molar-refractivity contribution in [3.8, 4) is 11.5 Å². The zero-order valence-corrected chi connectivity index (χ0v) is 15.0. The van der Waals surface area contributed by atoms with Gasteiger partial charge >= 0.3 is 6.03 Å². The first-order valence-electron chi connectivity index (χ1n) is 8.75. The number of nitrogens with one attached hydrogen (secondary N) is 1. The molecule has 0 unspecified atom stereocenters. The van der Waals surface area contributed by atoms with Gasteiger partial charge in [0.25, 0.3) is 5.69 Å². The normalized spacial score (nSPS) is 15.1. The zero-order valence-electron chi connectivity index (χ0n) is 15.0. The van der Waals surface area contributed by atoms with Gasteiger partial charge < -0.3 is 19.7 Å². The number of amides is 2. The van der Waals surface area contributed by atoms with Crippen LogP contribution in [0, 0.1) is 10.1 Å². The fourth-order valence-electron chi connectivity index (χ4n) is 2.84. The molecule has 2 aromatic carbocycles. The number of benzene rings is 2. The number of carbonyl (C=O) groups is 1. The minimum Gasteiger partial charge on any atom is -0.486 e. The molecule has 0 bridgehead atoms. The minimum atomic E-state index is -0.496. The van der Waals surface area contributed by atoms with Crippen LogP contribution in [0.2, 0.25) is 0 Å². The molecule has 0 saturated heterocycles. The standard InChI is InChI=1S/C19H21N3O5/c1-2-10-21(12-16-13-26-17-8-3-4-9-18(17)27-16)19(23)20-14-6-5-7-15(11-14)22(24)25/h3-9,11,16H,2,10,12-13H2,1H3,(H,20,23)/t16-/m1/s1. The average molecular weight is 371 g/mol. The highest BCUT2D eigenvalue weighted by molar-refractivity contribution is 5.89. The summed E-state index contributed by atoms with van der Waals surface area (Å²) in [6.45, 7) is 3.20. The lowest BCUT2D eigenvalue weighted by molar-refractivity contribution is -0.384. The maximum absolute atomic E-state index is 12.7. The SMILES string of the molecule is CCCN(C[C@@H]1COc2ccccc2O1)C(=O)Nc1cccc([N+](=O)[O-])c1. The monoisotopic (exact) mass is 371 g/mol. The number of nitro benzene ring substituents is 1. The largest absolute Gasteiger partial charge is 0.486 e. The van der Waals surface area contributed by atoms with E-state index in [-0.39, 0.29) is 17.8 Å². The number of ether oxygens (including phenoxy) is 2. The van der Waals surface area contributed by atoms with Crippen molar-refractivity contribution in [2.24, 2.45) is 0 Å². The summed E-state index contributed by atoms with van der Waals surface area (Å²) in [4.78, 5) is 24.7. The van der Waals surface area contributed by atoms with Gasteiger partial charge in [-0.15, -0.1) is 0 Å². The lowest BCUT2D eigenvalue weighted by Gasteiger charge is -2.31. The number of hydrogen-bond acceptors (Lipinski definition) is 5. The van der Waals surface area contributed by atoms with E-state index in [1.54, 1.807) is 11.0 Å². The van der Waals surface area contributed by atoms with Crippen LogP contribution in [0.1, 0.15) is 13.3 Å². The molecule has 8 nitrogen and oxygen atoms in total. The number of non-ortho nitro benzene ring substituents is 1. The van der Waals surface area contributed by atoms with E-state index in [0.29, 0.717) is 36.9 Å². The molecule has 142 valence electrons. The van der Waals surface area contributed by atoms with E-state index in [0.717, 1.165) is 6.42 Å². The van der Waals surface area contributed by atoms with Crippen LogP contribution in [0.3, 0.4) is 0 Å². The summed E-state index contributed by atoms with van der Waals surface area (Å²) in [5, 5.41) is 13.6. The fraction of sp³-hybridized carbons (Fsp3) is 0.316. The zero-order chi connectivity index (χ0) is 19.2. The summed E-state index contributed by atoms with van der Waals surface area (Å²) in [5.74, 6) is 1.35. The van der Waals surface area contributed by atoms with E-state index in [4.69, 9.17) is 9.47 Å². The van der Waals surface area contributed by atoms with E-state index < -0.39 is 4.92 Å². The first-order valence-corrected chi connectivity index (χ1v) is 8.75. The number of rotatable bonds is 6. The third kappa shape index (κ3) is 4.66. The van der Waals surface area contributed by atoms with Crippen molar-refractivity contribution in [1.29, 1.82) is 0 Å². The van der Waals surface area contributed by atoms with Crippen molar-refractivity contribution < 1.29 is 19.2 Å². The summed E-state index contributed by atoms with van der Waals surface area (Å²) in [6.07, 6.45) is 0.481. The molecule has 1 N–H and O–H groups in total. The number of nitrogens with zero attached hydrogens (tertiary/aromatic N) is 2. The topological polar surface area (TPSA) is 93.9 Å². The highest BCUT2D eigenvalue weighted by Crippen LogP contribution is 2.31. The molecule has 27 heavy (non-hydrogen) atoms. The lowest BCUT2D eigenvalue weighted by atomic mass is 10.2. The van der Waals surface area contributed by atoms with E-state index in [9.17, 15) is 14.9 Å². The van der Waals surface area contributed by atoms with Gasteiger partial charge in [0.15, 0.2) is 17.6 Å². The summed E-state index contributed by atoms with van der Waals surface area (Å²) in [5.41, 5.74) is 0.303. The van der Waals surface area contributed by atoms with Gasteiger partial charge in [-0.2, -0.15) is 0 Å². The van der Waals surface area contributed by atoms with E-state index >= 15 is 0 Å². The lowest BCUT2D eigenvalue weighted by Crippen LogP contribution is -2.45. The predicted octanol–water partition coefficient (Wildman–Crippen LogP) is 3.68. The molecule has 0 saturated carbocycles. The number of carbonyl (C=O) groups excluding carboxylic acids is 1. The molecule has 3 rings (SSSR count). The van der Waals surface area contributed by atoms with Crippen molar-refractivity contribution in [2.75, 3.05) is 25.0 Å². The van der Waals surface area contributed by atoms with Crippen LogP contribution in [0.15, 0.2) is 48.5 Å². The number of nitro groups is 1. The number of para-hydroxylation sites is 2. The van der Waals surface area contributed by atoms with Gasteiger partial charge in [-0.05, 0) is 24.6 Å². The molecule has 1 aliphatic rings. The number of urea groups is 1. The minimum absolute atomic E-state index is 0.0736. The van der Waals surface area contributed by atoms with Crippen molar-refractivity contribution in [3.63, 3.8) is 0 Å². The van der Waals surface area contributed by atoms with Crippen molar-refractivity contribution in [2.45, 2.75) is 19.4 Å². The second-order valence-electron chi connectivity index (χ2n) is 6.18. The summed E-state index contributed by atoms with van der Waals surface area (Å²) in [7, 11) is 0. The molecule has 2 amide bonds. The summed E-state index contributed by atoms with van der Waals surface area (Å²) in [6, 6.07) is 12.9. The Morgan fingerprint density at radius 1 is 1.26 bits per heavy atom. The van der Waals surface area contributed by atoms with E-state index in [1.165, 1.54) is 18.2 Å². The smallest absolute Gasteiger partial charge is 0.321 e. The molecular formula is C19H21N3O5. The van der Waals surface area contributed by atoms with Crippen LogP contribution < -0.4 is 14.8 Å². The molecular weight excluding hydrogens is 350 g/mol. The molecule has 1 aliphatic heterocycles. The third-order valence-electron chi connectivity index (χ3n) is 4.08. The van der Waals surface area contributed by atoms with Crippen molar-refractivity contribution >= 4 is 17.4 Å². The van der Waals surface area contributed by atoms with Crippen LogP contribution in [0.25, 0.3) is 0 Å². The van der Waals surface area contributed by atoms with Crippen molar-refractivity contribution in [3.05, 3.63) is 58.6 Å². The van der Waals surface area contributed by atoms with Gasteiger partial charge in [0.05, 0.1) is 11.5 Å². The van der Waals surface area contributed by atoms with Gasteiger partial charge in [0.2, 0.25) is 0 Å². The van der Waals surface area contributed by atoms with Crippen LogP contribution in [-0.4, -0.2) is 41.7 Å². The third-order valence-corrected chi connectivity index (χ3v) is 4.08. The predicted molar refractivity (Wildman–Crippen MR) is 100 cm³/mol. The van der Waals surface area contributed by atoms with Crippen LogP contribution in [0.5, 0.6) is 11.5 Å². The molecule has 0 spiro atoms. The number of fused-ring (bicyclic) bond motifs is 1. The first kappa shape index (κ1) is 18.5. The van der Waals surface area contributed by atoms with Crippen molar-refractivity contribution in [1.82, 2.24) is 4.90 Å². The Hall–Kier alpha value is -3.29. The quantitative estimate of drug-likeness (QED) is 0.617. The Labute approximate surface area is 156 Å².